The van der Waals surface area contributed by atoms with Crippen molar-refractivity contribution in [2.24, 2.45) is 0 Å². The van der Waals surface area contributed by atoms with Crippen LogP contribution in [0, 0.1) is 0 Å². The average molecular weight is 759 g/mol. The Bertz CT molecular complexity index is 922. The molecule has 0 bridgehead atoms. The van der Waals surface area contributed by atoms with Gasteiger partial charge in [-0.05, 0) is 44.9 Å². The van der Waals surface area contributed by atoms with Crippen LogP contribution < -0.4 is 0 Å². The maximum Gasteiger partial charge on any atom is 0.306 e. The van der Waals surface area contributed by atoms with Crippen molar-refractivity contribution < 1.29 is 28.6 Å². The number of hydrogen-bond acceptors (Lipinski definition) is 6. The van der Waals surface area contributed by atoms with Crippen molar-refractivity contribution >= 4 is 17.9 Å². The van der Waals surface area contributed by atoms with E-state index in [-0.39, 0.29) is 37.5 Å². The van der Waals surface area contributed by atoms with E-state index in [1.54, 1.807) is 0 Å². The lowest BCUT2D eigenvalue weighted by molar-refractivity contribution is -0.167. The maximum absolute atomic E-state index is 12.7. The summed E-state index contributed by atoms with van der Waals surface area (Å²) < 4.78 is 16.6. The minimum absolute atomic E-state index is 0.0889. The Balaban J connectivity index is 4.34. The van der Waals surface area contributed by atoms with Crippen LogP contribution in [-0.4, -0.2) is 37.2 Å². The lowest BCUT2D eigenvalue weighted by Crippen LogP contribution is -2.30. The molecule has 0 N–H and O–H groups in total. The molecule has 0 fully saturated rings. The molecular weight excluding hydrogens is 673 g/mol. The van der Waals surface area contributed by atoms with Gasteiger partial charge in [0.1, 0.15) is 13.2 Å². The van der Waals surface area contributed by atoms with Gasteiger partial charge in [-0.1, -0.05) is 205 Å². The zero-order chi connectivity index (χ0) is 39.4. The smallest absolute Gasteiger partial charge is 0.306 e. The Morgan fingerprint density at radius 3 is 1.11 bits per heavy atom. The molecule has 1 atom stereocenters. The predicted octanol–water partition coefficient (Wildman–Crippen LogP) is 14.6. The van der Waals surface area contributed by atoms with Crippen molar-refractivity contribution in [2.75, 3.05) is 13.2 Å². The van der Waals surface area contributed by atoms with Crippen molar-refractivity contribution in [1.29, 1.82) is 0 Å². The molecule has 0 aliphatic heterocycles. The van der Waals surface area contributed by atoms with Crippen LogP contribution in [0.25, 0.3) is 0 Å². The zero-order valence-electron chi connectivity index (χ0n) is 35.7. The third kappa shape index (κ3) is 40.8. The highest BCUT2D eigenvalue weighted by Crippen LogP contribution is 2.15. The van der Waals surface area contributed by atoms with E-state index in [9.17, 15) is 14.4 Å². The fourth-order valence-electron chi connectivity index (χ4n) is 6.47. The summed E-state index contributed by atoms with van der Waals surface area (Å²) in [6, 6.07) is 0. The minimum atomic E-state index is -0.790. The molecule has 6 nitrogen and oxygen atoms in total. The Morgan fingerprint density at radius 1 is 0.389 bits per heavy atom. The molecule has 0 amide bonds. The van der Waals surface area contributed by atoms with Gasteiger partial charge in [-0.3, -0.25) is 14.4 Å². The van der Waals surface area contributed by atoms with Gasteiger partial charge in [-0.25, -0.2) is 0 Å². The van der Waals surface area contributed by atoms with Gasteiger partial charge < -0.3 is 14.2 Å². The van der Waals surface area contributed by atoms with Gasteiger partial charge >= 0.3 is 17.9 Å². The van der Waals surface area contributed by atoms with Gasteiger partial charge in [0.2, 0.25) is 0 Å². The molecular formula is C48H86O6. The molecule has 0 saturated heterocycles. The minimum Gasteiger partial charge on any atom is -0.462 e. The molecule has 1 unspecified atom stereocenters. The largest absolute Gasteiger partial charge is 0.462 e. The Hall–Kier alpha value is -2.37. The van der Waals surface area contributed by atoms with Crippen LogP contribution in [0.3, 0.4) is 0 Å². The van der Waals surface area contributed by atoms with Gasteiger partial charge in [-0.15, -0.1) is 0 Å². The lowest BCUT2D eigenvalue weighted by atomic mass is 10.0. The molecule has 0 aromatic heterocycles. The Morgan fingerprint density at radius 2 is 0.722 bits per heavy atom. The summed E-state index contributed by atoms with van der Waals surface area (Å²) in [5, 5.41) is 0. The van der Waals surface area contributed by atoms with Gasteiger partial charge in [0.15, 0.2) is 6.10 Å². The maximum atomic E-state index is 12.7. The monoisotopic (exact) mass is 759 g/mol. The summed E-state index contributed by atoms with van der Waals surface area (Å²) in [6.07, 6.45) is 48.6. The number of allylic oxidation sites excluding steroid dienone is 6. The summed E-state index contributed by atoms with van der Waals surface area (Å²) in [5.41, 5.74) is 0. The van der Waals surface area contributed by atoms with Gasteiger partial charge in [-0.2, -0.15) is 0 Å². The van der Waals surface area contributed by atoms with Crippen LogP contribution in [0.15, 0.2) is 36.5 Å². The van der Waals surface area contributed by atoms with Crippen molar-refractivity contribution in [2.45, 2.75) is 239 Å². The summed E-state index contributed by atoms with van der Waals surface area (Å²) in [6.45, 7) is 6.46. The van der Waals surface area contributed by atoms with Gasteiger partial charge in [0.05, 0.1) is 0 Å². The second-order valence-corrected chi connectivity index (χ2v) is 15.3. The van der Waals surface area contributed by atoms with Crippen molar-refractivity contribution in [1.82, 2.24) is 0 Å². The van der Waals surface area contributed by atoms with Crippen LogP contribution in [0.5, 0.6) is 0 Å². The van der Waals surface area contributed by atoms with E-state index < -0.39 is 6.10 Å². The highest BCUT2D eigenvalue weighted by atomic mass is 16.6. The molecule has 54 heavy (non-hydrogen) atoms. The van der Waals surface area contributed by atoms with E-state index in [1.807, 2.05) is 0 Å². The highest BCUT2D eigenvalue weighted by molar-refractivity contribution is 5.71. The highest BCUT2D eigenvalue weighted by Gasteiger charge is 2.19. The number of ether oxygens (including phenoxy) is 3. The molecule has 0 rings (SSSR count). The first kappa shape index (κ1) is 51.6. The van der Waals surface area contributed by atoms with Crippen molar-refractivity contribution in [3.8, 4) is 0 Å². The number of rotatable bonds is 41. The third-order valence-electron chi connectivity index (χ3n) is 9.91. The molecule has 0 aliphatic carbocycles. The number of hydrogen-bond donors (Lipinski definition) is 0. The Labute approximate surface area is 334 Å². The molecule has 0 radical (unpaired) electrons. The first-order valence-corrected chi connectivity index (χ1v) is 23.0. The molecule has 0 heterocycles. The Kier molecular flexibility index (Phi) is 41.5. The standard InChI is InChI=1S/C48H86O6/c1-4-7-10-13-16-19-21-22-23-24-25-27-29-32-35-38-41-47(50)53-44-45(43-52-46(49)40-37-34-31-28-18-15-12-9-6-3)54-48(51)42-39-36-33-30-26-20-17-14-11-8-5-2/h8,11,17,20,30,33,45H,4-7,9-10,12-16,18-19,21-29,31-32,34-44H2,1-3H3/b11-8-,20-17-,33-30-. The fraction of sp³-hybridized carbons (Fsp3) is 0.812. The molecule has 314 valence electrons. The van der Waals surface area contributed by atoms with Crippen LogP contribution in [-0.2, 0) is 28.6 Å². The van der Waals surface area contributed by atoms with Crippen LogP contribution in [0.4, 0.5) is 0 Å². The van der Waals surface area contributed by atoms with Crippen LogP contribution in [0.2, 0.25) is 0 Å². The molecule has 0 saturated carbocycles. The SMILES string of the molecule is CC/C=C\C/C=C\C/C=C\CCCC(=O)OC(COC(=O)CCCCCCCCCCC)COC(=O)CCCCCCCCCCCCCCCCCC. The van der Waals surface area contributed by atoms with E-state index in [4.69, 9.17) is 14.2 Å². The predicted molar refractivity (Wildman–Crippen MR) is 229 cm³/mol. The summed E-state index contributed by atoms with van der Waals surface area (Å²) >= 11 is 0. The van der Waals surface area contributed by atoms with Crippen LogP contribution in [0.1, 0.15) is 233 Å². The number of unbranched alkanes of at least 4 members (excludes halogenated alkanes) is 24. The molecule has 0 aromatic rings. The zero-order valence-corrected chi connectivity index (χ0v) is 35.7. The summed E-state index contributed by atoms with van der Waals surface area (Å²) in [4.78, 5) is 37.6. The summed E-state index contributed by atoms with van der Waals surface area (Å²) in [7, 11) is 0. The van der Waals surface area contributed by atoms with E-state index in [1.165, 1.54) is 122 Å². The van der Waals surface area contributed by atoms with E-state index in [0.717, 1.165) is 64.2 Å². The van der Waals surface area contributed by atoms with Gasteiger partial charge in [0, 0.05) is 19.3 Å². The first-order chi connectivity index (χ1) is 26.5. The first-order valence-electron chi connectivity index (χ1n) is 23.0. The molecule has 0 aromatic carbocycles. The molecule has 0 aliphatic rings. The second kappa shape index (κ2) is 43.4. The number of carbonyl (C=O) groups excluding carboxylic acids is 3. The summed E-state index contributed by atoms with van der Waals surface area (Å²) in [5.74, 6) is -0.943. The fourth-order valence-corrected chi connectivity index (χ4v) is 6.47. The van der Waals surface area contributed by atoms with E-state index in [0.29, 0.717) is 19.3 Å². The lowest BCUT2D eigenvalue weighted by Gasteiger charge is -2.18. The number of esters is 3. The quantitative estimate of drug-likeness (QED) is 0.0267. The third-order valence-corrected chi connectivity index (χ3v) is 9.91. The van der Waals surface area contributed by atoms with Crippen molar-refractivity contribution in [3.05, 3.63) is 36.5 Å². The molecule has 0 spiro atoms. The topological polar surface area (TPSA) is 78.9 Å². The van der Waals surface area contributed by atoms with E-state index in [2.05, 4.69) is 57.2 Å². The normalized spacial score (nSPS) is 12.3. The van der Waals surface area contributed by atoms with Gasteiger partial charge in [0.25, 0.3) is 0 Å². The average Bonchev–Trinajstić information content (AvgIpc) is 3.17. The second-order valence-electron chi connectivity index (χ2n) is 15.3. The van der Waals surface area contributed by atoms with Crippen molar-refractivity contribution in [3.63, 3.8) is 0 Å². The van der Waals surface area contributed by atoms with Crippen LogP contribution >= 0.6 is 0 Å². The number of carbonyl (C=O) groups is 3. The molecule has 6 heteroatoms. The van der Waals surface area contributed by atoms with E-state index >= 15 is 0 Å².